The molecule has 1 atom stereocenters. The molecule has 2 N–H and O–H groups in total. The average molecular weight is 403 g/mol. The quantitative estimate of drug-likeness (QED) is 0.632. The van der Waals surface area contributed by atoms with Crippen molar-refractivity contribution in [2.75, 3.05) is 0 Å². The Balaban J connectivity index is 1.51. The highest BCUT2D eigenvalue weighted by molar-refractivity contribution is 5.97. The maximum absolute atomic E-state index is 12.8. The van der Waals surface area contributed by atoms with Gasteiger partial charge in [-0.05, 0) is 43.9 Å². The third kappa shape index (κ3) is 4.76. The van der Waals surface area contributed by atoms with Gasteiger partial charge in [0.2, 0.25) is 5.91 Å². The van der Waals surface area contributed by atoms with Crippen LogP contribution in [0.3, 0.4) is 0 Å². The molecule has 0 unspecified atom stereocenters. The maximum Gasteiger partial charge on any atom is 0.274 e. The first-order valence-corrected chi connectivity index (χ1v) is 10.2. The number of aryl methyl sites for hydroxylation is 2. The lowest BCUT2D eigenvalue weighted by Crippen LogP contribution is -2.48. The van der Waals surface area contributed by atoms with Crippen molar-refractivity contribution in [2.45, 2.75) is 45.2 Å². The summed E-state index contributed by atoms with van der Waals surface area (Å²) >= 11 is 0. The molecule has 6 heteroatoms. The molecule has 6 nitrogen and oxygen atoms in total. The summed E-state index contributed by atoms with van der Waals surface area (Å²) in [4.78, 5) is 25.5. The van der Waals surface area contributed by atoms with Gasteiger partial charge in [-0.3, -0.25) is 9.59 Å². The maximum atomic E-state index is 12.8. The number of aromatic nitrogens is 1. The van der Waals surface area contributed by atoms with E-state index in [9.17, 15) is 9.59 Å². The molecule has 1 saturated carbocycles. The van der Waals surface area contributed by atoms with Gasteiger partial charge in [-0.2, -0.15) is 0 Å². The van der Waals surface area contributed by atoms with E-state index in [0.717, 1.165) is 35.1 Å². The summed E-state index contributed by atoms with van der Waals surface area (Å²) < 4.78 is 5.43. The van der Waals surface area contributed by atoms with Crippen molar-refractivity contribution in [2.24, 2.45) is 0 Å². The number of hydrogen-bond acceptors (Lipinski definition) is 4. The highest BCUT2D eigenvalue weighted by Crippen LogP contribution is 2.25. The van der Waals surface area contributed by atoms with Gasteiger partial charge in [0.15, 0.2) is 11.5 Å². The first kappa shape index (κ1) is 19.9. The SMILES string of the molecule is Cc1ccc(C)c(-c2cc(C(=O)N[C@@H](Cc3ccccc3)C(=O)NC3CC3)no2)c1. The Kier molecular flexibility index (Phi) is 5.65. The number of rotatable bonds is 7. The Bertz CT molecular complexity index is 1050. The van der Waals surface area contributed by atoms with Crippen molar-refractivity contribution in [1.29, 1.82) is 0 Å². The van der Waals surface area contributed by atoms with E-state index in [4.69, 9.17) is 4.52 Å². The van der Waals surface area contributed by atoms with Crippen molar-refractivity contribution >= 4 is 11.8 Å². The van der Waals surface area contributed by atoms with Crippen LogP contribution < -0.4 is 10.6 Å². The van der Waals surface area contributed by atoms with Crippen LogP contribution in [-0.4, -0.2) is 29.1 Å². The van der Waals surface area contributed by atoms with E-state index < -0.39 is 11.9 Å². The molecule has 30 heavy (non-hydrogen) atoms. The Morgan fingerprint density at radius 1 is 1.10 bits per heavy atom. The average Bonchev–Trinajstić information content (AvgIpc) is 3.41. The van der Waals surface area contributed by atoms with Gasteiger partial charge in [0, 0.05) is 24.1 Å². The minimum atomic E-state index is -0.679. The summed E-state index contributed by atoms with van der Waals surface area (Å²) in [6.45, 7) is 3.98. The third-order valence-electron chi connectivity index (χ3n) is 5.23. The fourth-order valence-corrected chi connectivity index (χ4v) is 3.33. The van der Waals surface area contributed by atoms with Crippen molar-refractivity contribution in [3.63, 3.8) is 0 Å². The van der Waals surface area contributed by atoms with Crippen molar-refractivity contribution in [3.05, 3.63) is 77.0 Å². The second-order valence-electron chi connectivity index (χ2n) is 7.89. The first-order valence-electron chi connectivity index (χ1n) is 10.2. The van der Waals surface area contributed by atoms with Gasteiger partial charge in [0.1, 0.15) is 6.04 Å². The Hall–Kier alpha value is -3.41. The van der Waals surface area contributed by atoms with Crippen LogP contribution in [0.4, 0.5) is 0 Å². The molecule has 0 spiro atoms. The highest BCUT2D eigenvalue weighted by Gasteiger charge is 2.29. The number of amides is 2. The molecule has 1 fully saturated rings. The summed E-state index contributed by atoms with van der Waals surface area (Å²) in [5, 5.41) is 9.75. The molecule has 2 aromatic carbocycles. The molecule has 0 aliphatic heterocycles. The van der Waals surface area contributed by atoms with Crippen LogP contribution in [0.1, 0.15) is 40.0 Å². The summed E-state index contributed by atoms with van der Waals surface area (Å²) in [5.41, 5.74) is 4.16. The largest absolute Gasteiger partial charge is 0.355 e. The van der Waals surface area contributed by atoms with Crippen LogP contribution in [0, 0.1) is 13.8 Å². The monoisotopic (exact) mass is 403 g/mol. The fraction of sp³-hybridized carbons (Fsp3) is 0.292. The van der Waals surface area contributed by atoms with Gasteiger partial charge in [0.05, 0.1) is 0 Å². The lowest BCUT2D eigenvalue weighted by atomic mass is 10.0. The zero-order chi connectivity index (χ0) is 21.1. The summed E-state index contributed by atoms with van der Waals surface area (Å²) in [6.07, 6.45) is 2.38. The fourth-order valence-electron chi connectivity index (χ4n) is 3.33. The molecule has 4 rings (SSSR count). The van der Waals surface area contributed by atoms with E-state index in [1.807, 2.05) is 62.4 Å². The van der Waals surface area contributed by atoms with Crippen LogP contribution in [0.5, 0.6) is 0 Å². The molecule has 3 aromatic rings. The summed E-state index contributed by atoms with van der Waals surface area (Å²) in [5.74, 6) is -0.0708. The number of hydrogen-bond donors (Lipinski definition) is 2. The number of carbonyl (C=O) groups is 2. The zero-order valence-corrected chi connectivity index (χ0v) is 17.1. The molecule has 1 heterocycles. The van der Waals surface area contributed by atoms with E-state index in [1.54, 1.807) is 6.07 Å². The molecule has 2 amide bonds. The van der Waals surface area contributed by atoms with E-state index in [1.165, 1.54) is 0 Å². The predicted octanol–water partition coefficient (Wildman–Crippen LogP) is 3.58. The van der Waals surface area contributed by atoms with Gasteiger partial charge >= 0.3 is 0 Å². The molecule has 0 radical (unpaired) electrons. The first-order chi connectivity index (χ1) is 14.5. The van der Waals surface area contributed by atoms with E-state index >= 15 is 0 Å². The van der Waals surface area contributed by atoms with Gasteiger partial charge in [-0.15, -0.1) is 0 Å². The molecular formula is C24H25N3O3. The normalized spacial score (nSPS) is 14.2. The smallest absolute Gasteiger partial charge is 0.274 e. The Labute approximate surface area is 175 Å². The van der Waals surface area contributed by atoms with E-state index in [0.29, 0.717) is 12.2 Å². The molecular weight excluding hydrogens is 378 g/mol. The van der Waals surface area contributed by atoms with Gasteiger partial charge in [-0.1, -0.05) is 53.2 Å². The predicted molar refractivity (Wildman–Crippen MR) is 114 cm³/mol. The second kappa shape index (κ2) is 8.53. The third-order valence-corrected chi connectivity index (χ3v) is 5.23. The Morgan fingerprint density at radius 3 is 2.60 bits per heavy atom. The van der Waals surface area contributed by atoms with Crippen LogP contribution in [0.25, 0.3) is 11.3 Å². The minimum absolute atomic E-state index is 0.156. The Morgan fingerprint density at radius 2 is 1.87 bits per heavy atom. The van der Waals surface area contributed by atoms with Crippen LogP contribution in [0.15, 0.2) is 59.1 Å². The molecule has 1 aromatic heterocycles. The number of nitrogens with zero attached hydrogens (tertiary/aromatic N) is 1. The summed E-state index contributed by atoms with van der Waals surface area (Å²) in [7, 11) is 0. The molecule has 0 saturated heterocycles. The van der Waals surface area contributed by atoms with Crippen molar-refractivity contribution in [1.82, 2.24) is 15.8 Å². The van der Waals surface area contributed by atoms with E-state index in [-0.39, 0.29) is 17.6 Å². The lowest BCUT2D eigenvalue weighted by Gasteiger charge is -2.18. The molecule has 154 valence electrons. The number of carbonyl (C=O) groups excluding carboxylic acids is 2. The van der Waals surface area contributed by atoms with Crippen LogP contribution in [0.2, 0.25) is 0 Å². The van der Waals surface area contributed by atoms with Crippen molar-refractivity contribution < 1.29 is 14.1 Å². The highest BCUT2D eigenvalue weighted by atomic mass is 16.5. The molecule has 1 aliphatic rings. The van der Waals surface area contributed by atoms with Crippen LogP contribution >= 0.6 is 0 Å². The zero-order valence-electron chi connectivity index (χ0n) is 17.1. The van der Waals surface area contributed by atoms with Crippen molar-refractivity contribution in [3.8, 4) is 11.3 Å². The number of benzene rings is 2. The van der Waals surface area contributed by atoms with Gasteiger partial charge in [-0.25, -0.2) is 0 Å². The standard InChI is InChI=1S/C24H25N3O3/c1-15-8-9-16(2)19(12-15)22-14-21(27-30-22)24(29)26-20(23(28)25-18-10-11-18)13-17-6-4-3-5-7-17/h3-9,12,14,18,20H,10-11,13H2,1-2H3,(H,25,28)(H,26,29)/t20-/m0/s1. The van der Waals surface area contributed by atoms with Gasteiger partial charge in [0.25, 0.3) is 5.91 Å². The number of nitrogens with one attached hydrogen (secondary N) is 2. The molecule has 0 bridgehead atoms. The van der Waals surface area contributed by atoms with Crippen LogP contribution in [-0.2, 0) is 11.2 Å². The van der Waals surface area contributed by atoms with Gasteiger partial charge < -0.3 is 15.2 Å². The topological polar surface area (TPSA) is 84.2 Å². The molecule has 1 aliphatic carbocycles. The lowest BCUT2D eigenvalue weighted by molar-refractivity contribution is -0.123. The van der Waals surface area contributed by atoms with E-state index in [2.05, 4.69) is 15.8 Å². The second-order valence-corrected chi connectivity index (χ2v) is 7.89. The minimum Gasteiger partial charge on any atom is -0.355 e. The summed E-state index contributed by atoms with van der Waals surface area (Å²) in [6, 6.07) is 16.8.